The second-order valence-corrected chi connectivity index (χ2v) is 10.4. The Labute approximate surface area is 212 Å². The highest BCUT2D eigenvalue weighted by Crippen LogP contribution is 2.32. The zero-order valence-electron chi connectivity index (χ0n) is 19.6. The van der Waals surface area contributed by atoms with Crippen LogP contribution in [-0.2, 0) is 6.54 Å². The highest BCUT2D eigenvalue weighted by atomic mass is 79.9. The van der Waals surface area contributed by atoms with Crippen LogP contribution in [0.25, 0.3) is 32.4 Å². The van der Waals surface area contributed by atoms with Crippen molar-refractivity contribution in [2.24, 2.45) is 0 Å². The number of halogens is 1. The van der Waals surface area contributed by atoms with Gasteiger partial charge < -0.3 is 10.3 Å². The molecule has 1 saturated heterocycles. The van der Waals surface area contributed by atoms with E-state index in [0.717, 1.165) is 64.6 Å². The van der Waals surface area contributed by atoms with Gasteiger partial charge in [-0.2, -0.15) is 0 Å². The number of piperidine rings is 1. The number of H-pyrrole nitrogens is 1. The number of hydrogen-bond donors (Lipinski definition) is 2. The number of rotatable bonds is 4. The predicted octanol–water partition coefficient (Wildman–Crippen LogP) is 6.38. The Morgan fingerprint density at radius 3 is 2.86 bits per heavy atom. The molecule has 0 aliphatic carbocycles. The molecule has 0 saturated carbocycles. The number of pyridine rings is 2. The Morgan fingerprint density at radius 1 is 1.09 bits per heavy atom. The van der Waals surface area contributed by atoms with Gasteiger partial charge in [0.25, 0.3) is 5.56 Å². The topological polar surface area (TPSA) is 61.0 Å². The van der Waals surface area contributed by atoms with Crippen LogP contribution in [0.5, 0.6) is 0 Å². The molecule has 5 aromatic rings. The molecule has 1 aliphatic rings. The van der Waals surface area contributed by atoms with Crippen LogP contribution in [-0.4, -0.2) is 34.0 Å². The minimum absolute atomic E-state index is 0.105. The molecule has 2 N–H and O–H groups in total. The van der Waals surface area contributed by atoms with Crippen molar-refractivity contribution in [2.45, 2.75) is 32.4 Å². The third-order valence-electron chi connectivity index (χ3n) is 7.11. The highest BCUT2D eigenvalue weighted by molar-refractivity contribution is 9.10. The highest BCUT2D eigenvalue weighted by Gasteiger charge is 2.22. The van der Waals surface area contributed by atoms with E-state index in [-0.39, 0.29) is 11.6 Å². The van der Waals surface area contributed by atoms with E-state index in [2.05, 4.69) is 73.6 Å². The van der Waals surface area contributed by atoms with Crippen molar-refractivity contribution >= 4 is 54.2 Å². The van der Waals surface area contributed by atoms with Crippen molar-refractivity contribution in [1.29, 1.82) is 0 Å². The number of likely N-dealkylation sites (tertiary alicyclic amines) is 1. The lowest BCUT2D eigenvalue weighted by atomic mass is 10.0. The first-order valence-electron chi connectivity index (χ1n) is 12.1. The largest absolute Gasteiger partial charge is 0.366 e. The number of nitrogens with one attached hydrogen (secondary N) is 2. The maximum atomic E-state index is 12.7. The number of aromatic nitrogens is 2. The molecule has 176 valence electrons. The van der Waals surface area contributed by atoms with Crippen LogP contribution >= 0.6 is 15.9 Å². The van der Waals surface area contributed by atoms with Crippen LogP contribution < -0.4 is 10.9 Å². The molecule has 2 aromatic heterocycles. The number of benzene rings is 3. The van der Waals surface area contributed by atoms with Crippen molar-refractivity contribution in [2.75, 3.05) is 18.4 Å². The van der Waals surface area contributed by atoms with Gasteiger partial charge in [0.05, 0.1) is 10.9 Å². The molecule has 0 spiro atoms. The van der Waals surface area contributed by atoms with E-state index in [9.17, 15) is 4.79 Å². The van der Waals surface area contributed by atoms with Crippen molar-refractivity contribution in [3.8, 4) is 0 Å². The fourth-order valence-corrected chi connectivity index (χ4v) is 5.77. The fraction of sp³-hybridized carbons (Fsp3) is 0.241. The van der Waals surface area contributed by atoms with Gasteiger partial charge in [0, 0.05) is 40.6 Å². The minimum Gasteiger partial charge on any atom is -0.366 e. The van der Waals surface area contributed by atoms with Gasteiger partial charge in [-0.1, -0.05) is 58.4 Å². The normalized spacial score (nSPS) is 16.8. The first kappa shape index (κ1) is 22.3. The molecule has 1 fully saturated rings. The average molecular weight is 527 g/mol. The van der Waals surface area contributed by atoms with Crippen LogP contribution in [0.4, 0.5) is 5.82 Å². The van der Waals surface area contributed by atoms with E-state index in [1.54, 1.807) is 6.20 Å². The van der Waals surface area contributed by atoms with E-state index in [1.165, 1.54) is 16.3 Å². The Kier molecular flexibility index (Phi) is 5.78. The van der Waals surface area contributed by atoms with Gasteiger partial charge in [0.15, 0.2) is 0 Å². The number of anilines is 1. The Bertz CT molecular complexity index is 1620. The first-order valence-corrected chi connectivity index (χ1v) is 12.9. The number of fused-ring (bicyclic) bond motifs is 4. The molecule has 1 aliphatic heterocycles. The summed E-state index contributed by atoms with van der Waals surface area (Å²) >= 11 is 3.58. The quantitative estimate of drug-likeness (QED) is 0.267. The molecule has 6 rings (SSSR count). The van der Waals surface area contributed by atoms with Gasteiger partial charge in [-0.25, -0.2) is 4.98 Å². The van der Waals surface area contributed by atoms with Gasteiger partial charge in [0.1, 0.15) is 5.82 Å². The molecule has 0 radical (unpaired) electrons. The zero-order chi connectivity index (χ0) is 23.9. The summed E-state index contributed by atoms with van der Waals surface area (Å²) in [6.45, 7) is 4.97. The van der Waals surface area contributed by atoms with Gasteiger partial charge >= 0.3 is 0 Å². The lowest BCUT2D eigenvalue weighted by Gasteiger charge is -2.34. The summed E-state index contributed by atoms with van der Waals surface area (Å²) < 4.78 is 0.947. The van der Waals surface area contributed by atoms with Gasteiger partial charge in [0.2, 0.25) is 0 Å². The Balaban J connectivity index is 1.32. The summed E-state index contributed by atoms with van der Waals surface area (Å²) in [6, 6.07) is 21.6. The molecule has 5 nitrogen and oxygen atoms in total. The number of aromatic amines is 1. The maximum Gasteiger partial charge on any atom is 0.258 e. The van der Waals surface area contributed by atoms with Gasteiger partial charge in [-0.05, 0) is 66.4 Å². The second kappa shape index (κ2) is 9.10. The maximum absolute atomic E-state index is 12.7. The van der Waals surface area contributed by atoms with Gasteiger partial charge in [-0.3, -0.25) is 9.69 Å². The van der Waals surface area contributed by atoms with Crippen LogP contribution in [0, 0.1) is 6.92 Å². The Morgan fingerprint density at radius 2 is 1.94 bits per heavy atom. The molecule has 1 unspecified atom stereocenters. The fourth-order valence-electron chi connectivity index (χ4n) is 5.41. The summed E-state index contributed by atoms with van der Waals surface area (Å²) in [5.41, 5.74) is 2.99. The van der Waals surface area contributed by atoms with Crippen molar-refractivity contribution in [3.63, 3.8) is 0 Å². The van der Waals surface area contributed by atoms with E-state index >= 15 is 0 Å². The molecular weight excluding hydrogens is 500 g/mol. The van der Waals surface area contributed by atoms with E-state index in [1.807, 2.05) is 25.1 Å². The molecule has 3 aromatic carbocycles. The van der Waals surface area contributed by atoms with Crippen LogP contribution in [0.3, 0.4) is 0 Å². The van der Waals surface area contributed by atoms with Crippen LogP contribution in [0.1, 0.15) is 24.0 Å². The third-order valence-corrected chi connectivity index (χ3v) is 7.60. The Hall–Kier alpha value is -3.22. The smallest absolute Gasteiger partial charge is 0.258 e. The molecule has 35 heavy (non-hydrogen) atoms. The molecule has 0 bridgehead atoms. The predicted molar refractivity (Wildman–Crippen MR) is 148 cm³/mol. The summed E-state index contributed by atoms with van der Waals surface area (Å²) in [5, 5.41) is 8.92. The minimum atomic E-state index is -0.105. The lowest BCUT2D eigenvalue weighted by Crippen LogP contribution is -2.41. The van der Waals surface area contributed by atoms with Crippen molar-refractivity contribution in [3.05, 3.63) is 92.8 Å². The monoisotopic (exact) mass is 526 g/mol. The summed E-state index contributed by atoms with van der Waals surface area (Å²) in [7, 11) is 0. The molecule has 1 atom stereocenters. The molecule has 0 amide bonds. The standard InChI is InChI=1S/C29H27BrN4O/c1-18-15-31-29(35)26-25-14-21(30)11-12-24(25)28(33-27(18)26)32-22-9-5-13-34(17-22)16-20-8-4-7-19-6-2-3-10-23(19)20/h2-4,6-8,10-12,14-15,22H,5,9,13,16-17H2,1H3,(H,31,35)(H,32,33). The molecular formula is C29H27BrN4O. The van der Waals surface area contributed by atoms with Crippen LogP contribution in [0.2, 0.25) is 0 Å². The summed E-state index contributed by atoms with van der Waals surface area (Å²) in [4.78, 5) is 23.1. The van der Waals surface area contributed by atoms with Crippen molar-refractivity contribution < 1.29 is 0 Å². The SMILES string of the molecule is Cc1c[nH]c(=O)c2c1nc(NC1CCCN(Cc3cccc4ccccc34)C1)c1ccc(Br)cc12. The number of nitrogens with zero attached hydrogens (tertiary/aromatic N) is 2. The van der Waals surface area contributed by atoms with E-state index in [4.69, 9.17) is 4.98 Å². The molecule has 3 heterocycles. The summed E-state index contributed by atoms with van der Waals surface area (Å²) in [5.74, 6) is 0.853. The zero-order valence-corrected chi connectivity index (χ0v) is 21.2. The average Bonchev–Trinajstić information content (AvgIpc) is 2.86. The molecule has 6 heteroatoms. The van der Waals surface area contributed by atoms with Crippen LogP contribution in [0.15, 0.2) is 76.1 Å². The van der Waals surface area contributed by atoms with E-state index in [0.29, 0.717) is 5.39 Å². The lowest BCUT2D eigenvalue weighted by molar-refractivity contribution is 0.209. The second-order valence-electron chi connectivity index (χ2n) is 9.53. The third kappa shape index (κ3) is 4.21. The van der Waals surface area contributed by atoms with E-state index < -0.39 is 0 Å². The first-order chi connectivity index (χ1) is 17.1. The number of aryl methyl sites for hydroxylation is 1. The summed E-state index contributed by atoms with van der Waals surface area (Å²) in [6.07, 6.45) is 3.98. The van der Waals surface area contributed by atoms with Gasteiger partial charge in [-0.15, -0.1) is 0 Å². The van der Waals surface area contributed by atoms with Crippen molar-refractivity contribution in [1.82, 2.24) is 14.9 Å². The number of hydrogen-bond acceptors (Lipinski definition) is 4.